The van der Waals surface area contributed by atoms with E-state index in [0.29, 0.717) is 64.9 Å². The van der Waals surface area contributed by atoms with Crippen molar-refractivity contribution < 1.29 is 0 Å². The highest BCUT2D eigenvalue weighted by molar-refractivity contribution is 8.05. The van der Waals surface area contributed by atoms with E-state index in [2.05, 4.69) is 111 Å². The van der Waals surface area contributed by atoms with Crippen LogP contribution in [0.3, 0.4) is 0 Å². The normalized spacial score (nSPS) is 39.0. The molecule has 67 heavy (non-hydrogen) atoms. The first kappa shape index (κ1) is 44.6. The second-order valence-corrected chi connectivity index (χ2v) is 28.0. The average molecular weight is 915 g/mol. The highest BCUT2D eigenvalue weighted by Gasteiger charge is 2.71. The van der Waals surface area contributed by atoms with E-state index >= 15 is 0 Å². The number of hydrogen-bond acceptors (Lipinski definition) is 3. The molecule has 1 spiro atoms. The highest BCUT2D eigenvalue weighted by atomic mass is 32.2. The van der Waals surface area contributed by atoms with Gasteiger partial charge in [-0.25, -0.2) is 0 Å². The Morgan fingerprint density at radius 3 is 2.28 bits per heavy atom. The summed E-state index contributed by atoms with van der Waals surface area (Å²) in [4.78, 5) is 8.37. The third-order valence-corrected chi connectivity index (χ3v) is 23.8. The molecule has 0 aromatic heterocycles. The first-order valence-corrected chi connectivity index (χ1v) is 30.0. The van der Waals surface area contributed by atoms with Crippen LogP contribution < -0.4 is 0 Å². The first-order chi connectivity index (χ1) is 32.6. The summed E-state index contributed by atoms with van der Waals surface area (Å²) in [5.41, 5.74) is 15.5. The fourth-order valence-corrected chi connectivity index (χ4v) is 20.7. The van der Waals surface area contributed by atoms with Gasteiger partial charge in [-0.3, -0.25) is 0 Å². The van der Waals surface area contributed by atoms with E-state index in [1.165, 1.54) is 167 Å². The van der Waals surface area contributed by atoms with Gasteiger partial charge in [0.1, 0.15) is 0 Å². The van der Waals surface area contributed by atoms with Gasteiger partial charge in [-0.15, -0.1) is 11.8 Å². The zero-order valence-corrected chi connectivity index (χ0v) is 43.6. The number of fused-ring (bicyclic) bond motifs is 6. The molecule has 0 aromatic carbocycles. The Labute approximate surface area is 413 Å². The number of hydrogen-bond donors (Lipinski definition) is 0. The van der Waals surface area contributed by atoms with Gasteiger partial charge in [-0.1, -0.05) is 131 Å². The third kappa shape index (κ3) is 7.18. The SMILES string of the molecule is CC(C)(C)C1C=CC2=C(C1)C1C(S2)B2C3=C4C(CC(C5CCCCC5)=C3)C3(CCCCC3)C(C)(C)N4C3CC(C4C=C(C5=CCCCC5)CC(C5=CC=CCC5)C4)CC(C23)N1C1=CCCCC1. The van der Waals surface area contributed by atoms with E-state index in [-0.39, 0.29) is 11.0 Å². The van der Waals surface area contributed by atoms with Crippen LogP contribution in [0.2, 0.25) is 5.82 Å². The van der Waals surface area contributed by atoms with E-state index in [1.807, 2.05) is 22.3 Å². The molecule has 10 atom stereocenters. The number of rotatable bonds is 5. The number of thioether (sulfide) groups is 1. The minimum absolute atomic E-state index is 0.174. The largest absolute Gasteiger partial charge is 0.367 e. The highest BCUT2D eigenvalue weighted by Crippen LogP contribution is 2.71. The van der Waals surface area contributed by atoms with Crippen molar-refractivity contribution in [3.8, 4) is 0 Å². The third-order valence-electron chi connectivity index (χ3n) is 22.3. The molecule has 4 heterocycles. The van der Waals surface area contributed by atoms with Gasteiger partial charge in [-0.2, -0.15) is 0 Å². The molecule has 9 aliphatic carbocycles. The predicted octanol–water partition coefficient (Wildman–Crippen LogP) is 16.8. The minimum atomic E-state index is 0.174. The zero-order chi connectivity index (χ0) is 45.2. The summed E-state index contributed by atoms with van der Waals surface area (Å²) in [5, 5.41) is 0.616. The van der Waals surface area contributed by atoms with Crippen molar-refractivity contribution in [2.45, 2.75) is 236 Å². The molecule has 3 saturated carbocycles. The average Bonchev–Trinajstić information content (AvgIpc) is 3.83. The van der Waals surface area contributed by atoms with Crippen LogP contribution in [0.1, 0.15) is 202 Å². The molecule has 2 saturated heterocycles. The van der Waals surface area contributed by atoms with Gasteiger partial charge in [0.25, 0.3) is 0 Å². The van der Waals surface area contributed by atoms with Crippen molar-refractivity contribution >= 4 is 18.5 Å². The standard InChI is InChI=1S/C63H87BN2S/c1-61(2,3)49-29-30-56-51(40-49)58-60(67-56)64-53-37-47(43-25-15-8-16-26-43)36-52-59(53)66(62(4,5)63(52)31-19-10-20-32-63)55-39-48(38-54(57(55)64)65(58)50-27-17-9-18-28-50)46-34-44(41-21-11-6-12-22-41)33-45(35-46)42-23-13-7-14-24-42/h6,11,21,23,27,29-30,35,37,43-44,46,48-49,52,54-55,57-58,60H,7-10,12-20,22,24-26,28,31-34,36,38-40H2,1-5H3. The van der Waals surface area contributed by atoms with Crippen molar-refractivity contribution in [3.05, 3.63) is 104 Å². The van der Waals surface area contributed by atoms with Crippen LogP contribution in [-0.2, 0) is 0 Å². The Hall–Kier alpha value is -2.33. The second kappa shape index (κ2) is 17.2. The van der Waals surface area contributed by atoms with E-state index in [9.17, 15) is 0 Å². The molecular weight excluding hydrogens is 828 g/mol. The lowest BCUT2D eigenvalue weighted by Crippen LogP contribution is -2.71. The number of nitrogens with zero attached hydrogens (tertiary/aromatic N) is 2. The predicted molar refractivity (Wildman–Crippen MR) is 286 cm³/mol. The van der Waals surface area contributed by atoms with Crippen molar-refractivity contribution in [2.75, 3.05) is 0 Å². The Kier molecular flexibility index (Phi) is 11.4. The topological polar surface area (TPSA) is 6.48 Å². The number of allylic oxidation sites excluding steroid dienone is 16. The lowest BCUT2D eigenvalue weighted by Gasteiger charge is -2.65. The van der Waals surface area contributed by atoms with E-state index in [4.69, 9.17) is 0 Å². The maximum Gasteiger partial charge on any atom is 0.202 e. The van der Waals surface area contributed by atoms with Crippen LogP contribution in [0.4, 0.5) is 0 Å². The summed E-state index contributed by atoms with van der Waals surface area (Å²) in [6.45, 7) is 13.9. The van der Waals surface area contributed by atoms with Gasteiger partial charge in [0, 0.05) is 50.4 Å². The van der Waals surface area contributed by atoms with Crippen LogP contribution >= 0.6 is 11.8 Å². The van der Waals surface area contributed by atoms with Crippen molar-refractivity contribution in [2.24, 2.45) is 46.3 Å². The first-order valence-electron chi connectivity index (χ1n) is 29.1. The van der Waals surface area contributed by atoms with E-state index in [1.54, 1.807) is 27.3 Å². The van der Waals surface area contributed by atoms with Gasteiger partial charge in [0.15, 0.2) is 0 Å². The Bertz CT molecular complexity index is 2270. The van der Waals surface area contributed by atoms with E-state index < -0.39 is 0 Å². The van der Waals surface area contributed by atoms with Gasteiger partial charge in [-0.05, 0) is 200 Å². The molecule has 2 nitrogen and oxygen atoms in total. The van der Waals surface area contributed by atoms with Crippen molar-refractivity contribution in [1.82, 2.24) is 9.80 Å². The molecule has 13 rings (SSSR count). The fraction of sp³-hybridized carbons (Fsp3) is 0.714. The van der Waals surface area contributed by atoms with Crippen LogP contribution in [0, 0.1) is 46.3 Å². The molecule has 10 unspecified atom stereocenters. The summed E-state index contributed by atoms with van der Waals surface area (Å²) in [7, 11) is 0. The molecule has 0 aromatic rings. The molecule has 4 heteroatoms. The summed E-state index contributed by atoms with van der Waals surface area (Å²) >= 11 is 2.40. The summed E-state index contributed by atoms with van der Waals surface area (Å²) in [6, 6.07) is 1.77. The zero-order valence-electron chi connectivity index (χ0n) is 42.8. The molecule has 0 radical (unpaired) electrons. The minimum Gasteiger partial charge on any atom is -0.367 e. The van der Waals surface area contributed by atoms with Crippen LogP contribution in [0.25, 0.3) is 0 Å². The summed E-state index contributed by atoms with van der Waals surface area (Å²) in [5.74, 6) is 4.93. The van der Waals surface area contributed by atoms with Crippen LogP contribution in [-0.4, -0.2) is 45.3 Å². The Morgan fingerprint density at radius 1 is 0.746 bits per heavy atom. The van der Waals surface area contributed by atoms with Gasteiger partial charge < -0.3 is 9.80 Å². The Morgan fingerprint density at radius 2 is 1.54 bits per heavy atom. The maximum absolute atomic E-state index is 3.37. The maximum atomic E-state index is 3.37. The van der Waals surface area contributed by atoms with Gasteiger partial charge in [0.2, 0.25) is 6.71 Å². The van der Waals surface area contributed by atoms with Crippen LogP contribution in [0.15, 0.2) is 104 Å². The molecule has 13 aliphatic rings. The molecule has 4 aliphatic heterocycles. The van der Waals surface area contributed by atoms with Gasteiger partial charge in [0.05, 0.1) is 6.04 Å². The van der Waals surface area contributed by atoms with Gasteiger partial charge >= 0.3 is 0 Å². The smallest absolute Gasteiger partial charge is 0.202 e. The Balaban J connectivity index is 1.00. The van der Waals surface area contributed by atoms with Crippen molar-refractivity contribution in [3.63, 3.8) is 0 Å². The molecule has 358 valence electrons. The summed E-state index contributed by atoms with van der Waals surface area (Å²) < 4.78 is 0. The summed E-state index contributed by atoms with van der Waals surface area (Å²) in [6.07, 6.45) is 60.1. The fourth-order valence-electron chi connectivity index (χ4n) is 19.0. The monoisotopic (exact) mass is 915 g/mol. The lowest BCUT2D eigenvalue weighted by atomic mass is 9.25. The van der Waals surface area contributed by atoms with Crippen LogP contribution in [0.5, 0.6) is 0 Å². The molecule has 5 fully saturated rings. The van der Waals surface area contributed by atoms with E-state index in [0.717, 1.165) is 11.8 Å². The van der Waals surface area contributed by atoms with Crippen molar-refractivity contribution in [1.29, 1.82) is 0 Å². The quantitative estimate of drug-likeness (QED) is 0.254. The lowest BCUT2D eigenvalue weighted by molar-refractivity contribution is -0.0295. The second-order valence-electron chi connectivity index (χ2n) is 26.7. The molecule has 0 amide bonds. The molecule has 0 N–H and O–H groups in total. The molecule has 0 bridgehead atoms. The molecular formula is C63H87BN2S.